The number of rotatable bonds is 5. The van der Waals surface area contributed by atoms with Crippen molar-refractivity contribution in [3.05, 3.63) is 83.3 Å². The molecule has 3 aromatic heterocycles. The van der Waals surface area contributed by atoms with Gasteiger partial charge in [-0.25, -0.2) is 8.78 Å². The molecule has 0 unspecified atom stereocenters. The normalized spacial score (nSPS) is 22.6. The topological polar surface area (TPSA) is 76.7 Å². The summed E-state index contributed by atoms with van der Waals surface area (Å²) >= 11 is 0. The molecule has 184 valence electrons. The molecule has 0 saturated heterocycles. The van der Waals surface area contributed by atoms with E-state index in [0.29, 0.717) is 6.54 Å². The summed E-state index contributed by atoms with van der Waals surface area (Å²) in [5.74, 6) is -1.12. The first-order valence-electron chi connectivity index (χ1n) is 12.2. The van der Waals surface area contributed by atoms with Gasteiger partial charge < -0.3 is 5.11 Å². The predicted octanol–water partition coefficient (Wildman–Crippen LogP) is 5.26. The molecule has 1 saturated carbocycles. The summed E-state index contributed by atoms with van der Waals surface area (Å²) in [6, 6.07) is 13.5. The third-order valence-electron chi connectivity index (χ3n) is 8.14. The number of hydrogen-bond acceptors (Lipinski definition) is 5. The van der Waals surface area contributed by atoms with Gasteiger partial charge in [0.1, 0.15) is 17.3 Å². The van der Waals surface area contributed by atoms with Crippen molar-refractivity contribution in [2.45, 2.75) is 57.6 Å². The summed E-state index contributed by atoms with van der Waals surface area (Å²) in [7, 11) is 0. The molecule has 8 heteroatoms. The number of fused-ring (bicyclic) bond motifs is 5. The minimum atomic E-state index is -0.647. The molecule has 0 amide bonds. The van der Waals surface area contributed by atoms with E-state index in [2.05, 4.69) is 29.1 Å². The van der Waals surface area contributed by atoms with Gasteiger partial charge in [-0.1, -0.05) is 26.0 Å². The molecule has 6 nitrogen and oxygen atoms in total. The molecule has 2 aliphatic carbocycles. The lowest BCUT2D eigenvalue weighted by Gasteiger charge is -2.37. The Morgan fingerprint density at radius 1 is 1.03 bits per heavy atom. The van der Waals surface area contributed by atoms with Crippen LogP contribution >= 0.6 is 0 Å². The fourth-order valence-corrected chi connectivity index (χ4v) is 6.44. The molecule has 1 N–H and O–H groups in total. The first-order valence-corrected chi connectivity index (χ1v) is 12.2. The number of aromatic nitrogens is 5. The van der Waals surface area contributed by atoms with Crippen LogP contribution in [0.5, 0.6) is 0 Å². The third-order valence-corrected chi connectivity index (χ3v) is 8.14. The molecule has 3 atom stereocenters. The van der Waals surface area contributed by atoms with Gasteiger partial charge in [-0.2, -0.15) is 10.2 Å². The first kappa shape index (κ1) is 22.9. The standard InChI is InChI=1S/C28H27F2N5O/c1-16(36)15-35-13-11-22(34-35)21-8-5-9-24(31-21)28-12-10-18(27(28,2)3)17-14-23(32-33-26(17)28)25-19(29)6-4-7-20(25)30/h4-9,11,13-14,16,18,36H,10,12,15H2,1-3H3/t16-,18-,28-/m0/s1. The van der Waals surface area contributed by atoms with Crippen LogP contribution in [0.25, 0.3) is 22.6 Å². The Morgan fingerprint density at radius 3 is 2.53 bits per heavy atom. The average molecular weight is 488 g/mol. The third kappa shape index (κ3) is 3.17. The lowest BCUT2D eigenvalue weighted by atomic mass is 9.66. The van der Waals surface area contributed by atoms with Crippen LogP contribution in [0.15, 0.2) is 54.7 Å². The van der Waals surface area contributed by atoms with Gasteiger partial charge in [-0.15, -0.1) is 5.10 Å². The zero-order chi connectivity index (χ0) is 25.2. The fourth-order valence-electron chi connectivity index (χ4n) is 6.44. The SMILES string of the molecule is C[C@H](O)Cn1ccc(-c2cccc([C@@]34CC[C@@H](c5cc(-c6c(F)cccc6F)nnc53)C4(C)C)n2)n1. The second-order valence-electron chi connectivity index (χ2n) is 10.5. The zero-order valence-corrected chi connectivity index (χ0v) is 20.4. The van der Waals surface area contributed by atoms with E-state index < -0.39 is 23.2 Å². The number of aliphatic hydroxyl groups is 1. The van der Waals surface area contributed by atoms with Crippen molar-refractivity contribution < 1.29 is 13.9 Å². The minimum absolute atomic E-state index is 0.143. The molecule has 1 fully saturated rings. The molecule has 6 rings (SSSR count). The van der Waals surface area contributed by atoms with Crippen molar-refractivity contribution in [2.24, 2.45) is 5.41 Å². The van der Waals surface area contributed by atoms with Crippen molar-refractivity contribution in [3.8, 4) is 22.6 Å². The number of nitrogens with zero attached hydrogens (tertiary/aromatic N) is 5. The number of aliphatic hydroxyl groups excluding tert-OH is 1. The van der Waals surface area contributed by atoms with Crippen molar-refractivity contribution in [1.29, 1.82) is 0 Å². The highest BCUT2D eigenvalue weighted by Crippen LogP contribution is 2.69. The van der Waals surface area contributed by atoms with Gasteiger partial charge in [0.15, 0.2) is 0 Å². The molecular formula is C28H27F2N5O. The van der Waals surface area contributed by atoms with E-state index in [1.165, 1.54) is 18.2 Å². The minimum Gasteiger partial charge on any atom is -0.391 e. The summed E-state index contributed by atoms with van der Waals surface area (Å²) < 4.78 is 30.7. The highest BCUT2D eigenvalue weighted by molar-refractivity contribution is 5.64. The van der Waals surface area contributed by atoms with Gasteiger partial charge in [0.25, 0.3) is 0 Å². The van der Waals surface area contributed by atoms with E-state index in [1.54, 1.807) is 11.6 Å². The first-order chi connectivity index (χ1) is 17.2. The van der Waals surface area contributed by atoms with Gasteiger partial charge in [0.2, 0.25) is 0 Å². The molecule has 4 aromatic rings. The van der Waals surface area contributed by atoms with Crippen LogP contribution in [0.2, 0.25) is 0 Å². The summed E-state index contributed by atoms with van der Waals surface area (Å²) in [6.45, 7) is 6.58. The number of benzene rings is 1. The van der Waals surface area contributed by atoms with Gasteiger partial charge >= 0.3 is 0 Å². The Morgan fingerprint density at radius 2 is 1.78 bits per heavy atom. The quantitative estimate of drug-likeness (QED) is 0.415. The molecule has 0 radical (unpaired) electrons. The van der Waals surface area contributed by atoms with Crippen molar-refractivity contribution >= 4 is 0 Å². The predicted molar refractivity (Wildman–Crippen MR) is 131 cm³/mol. The fraction of sp³-hybridized carbons (Fsp3) is 0.357. The molecule has 36 heavy (non-hydrogen) atoms. The van der Waals surface area contributed by atoms with Crippen LogP contribution in [0, 0.1) is 17.0 Å². The van der Waals surface area contributed by atoms with Crippen molar-refractivity contribution in [2.75, 3.05) is 0 Å². The molecule has 3 heterocycles. The Hall–Kier alpha value is -3.52. The largest absolute Gasteiger partial charge is 0.391 e. The molecule has 2 aliphatic rings. The molecule has 0 spiro atoms. The van der Waals surface area contributed by atoms with Crippen LogP contribution in [0.4, 0.5) is 8.78 Å². The maximum Gasteiger partial charge on any atom is 0.135 e. The summed E-state index contributed by atoms with van der Waals surface area (Å²) in [4.78, 5) is 5.06. The number of pyridine rings is 1. The van der Waals surface area contributed by atoms with Crippen LogP contribution in [0.1, 0.15) is 56.5 Å². The lowest BCUT2D eigenvalue weighted by molar-refractivity contribution is 0.168. The Labute approximate surface area is 208 Å². The van der Waals surface area contributed by atoms with E-state index in [9.17, 15) is 13.9 Å². The van der Waals surface area contributed by atoms with Crippen LogP contribution < -0.4 is 0 Å². The van der Waals surface area contributed by atoms with Gasteiger partial charge in [0.05, 0.1) is 46.4 Å². The Balaban J connectivity index is 1.46. The van der Waals surface area contributed by atoms with E-state index in [1.807, 2.05) is 36.5 Å². The molecule has 1 aromatic carbocycles. The molecular weight excluding hydrogens is 460 g/mol. The van der Waals surface area contributed by atoms with Crippen LogP contribution in [0.3, 0.4) is 0 Å². The second-order valence-corrected chi connectivity index (χ2v) is 10.5. The summed E-state index contributed by atoms with van der Waals surface area (Å²) in [6.07, 6.45) is 3.14. The van der Waals surface area contributed by atoms with Crippen molar-refractivity contribution in [3.63, 3.8) is 0 Å². The van der Waals surface area contributed by atoms with Gasteiger partial charge in [0, 0.05) is 6.20 Å². The van der Waals surface area contributed by atoms with E-state index in [4.69, 9.17) is 4.98 Å². The van der Waals surface area contributed by atoms with Crippen molar-refractivity contribution in [1.82, 2.24) is 25.0 Å². The molecule has 0 aliphatic heterocycles. The zero-order valence-electron chi connectivity index (χ0n) is 20.4. The van der Waals surface area contributed by atoms with Gasteiger partial charge in [-0.05, 0) is 73.1 Å². The van der Waals surface area contributed by atoms with E-state index in [-0.39, 0.29) is 22.6 Å². The Bertz CT molecular complexity index is 1460. The number of halogens is 2. The maximum atomic E-state index is 14.5. The Kier molecular flexibility index (Phi) is 5.09. The maximum absolute atomic E-state index is 14.5. The monoisotopic (exact) mass is 487 g/mol. The van der Waals surface area contributed by atoms with Crippen LogP contribution in [-0.4, -0.2) is 36.2 Å². The lowest BCUT2D eigenvalue weighted by Crippen LogP contribution is -2.37. The van der Waals surface area contributed by atoms with E-state index in [0.717, 1.165) is 41.2 Å². The average Bonchev–Trinajstić information content (AvgIpc) is 3.46. The van der Waals surface area contributed by atoms with E-state index >= 15 is 0 Å². The summed E-state index contributed by atoms with van der Waals surface area (Å²) in [5, 5.41) is 23.2. The second kappa shape index (κ2) is 8.00. The highest BCUT2D eigenvalue weighted by atomic mass is 19.1. The van der Waals surface area contributed by atoms with Gasteiger partial charge in [-0.3, -0.25) is 9.67 Å². The van der Waals surface area contributed by atoms with Crippen LogP contribution in [-0.2, 0) is 12.0 Å². The molecule has 2 bridgehead atoms. The smallest absolute Gasteiger partial charge is 0.135 e. The highest BCUT2D eigenvalue weighted by Gasteiger charge is 2.65. The summed E-state index contributed by atoms with van der Waals surface area (Å²) in [5.41, 5.74) is 3.60. The number of hydrogen-bond donors (Lipinski definition) is 1.